The fraction of sp³-hybridized carbons (Fsp3) is 0.615. The van der Waals surface area contributed by atoms with Crippen LogP contribution in [0.4, 0.5) is 0 Å². The first-order valence-electron chi connectivity index (χ1n) is 6.66. The van der Waals surface area contributed by atoms with E-state index in [1.807, 2.05) is 13.8 Å². The quantitative estimate of drug-likeness (QED) is 0.782. The molecule has 0 spiro atoms. The summed E-state index contributed by atoms with van der Waals surface area (Å²) in [5.74, 6) is 0. The van der Waals surface area contributed by atoms with Gasteiger partial charge in [0.25, 0.3) is 0 Å². The molecule has 0 bridgehead atoms. The summed E-state index contributed by atoms with van der Waals surface area (Å²) in [7, 11) is -2.30. The van der Waals surface area contributed by atoms with E-state index >= 15 is 0 Å². The molecule has 0 atom stereocenters. The SMILES string of the molecule is CCC(CC)N(CCOC)S(=O)(=O)c1c[nH]ccc1=O. The molecule has 0 unspecified atom stereocenters. The fourth-order valence-electron chi connectivity index (χ4n) is 2.10. The van der Waals surface area contributed by atoms with E-state index in [-0.39, 0.29) is 17.5 Å². The lowest BCUT2D eigenvalue weighted by atomic mass is 10.2. The molecule has 114 valence electrons. The number of nitrogens with zero attached hydrogens (tertiary/aromatic N) is 1. The van der Waals surface area contributed by atoms with Crippen LogP contribution < -0.4 is 5.43 Å². The summed E-state index contributed by atoms with van der Waals surface area (Å²) in [6, 6.07) is 1.07. The number of aromatic nitrogens is 1. The van der Waals surface area contributed by atoms with Gasteiger partial charge in [-0.05, 0) is 12.8 Å². The minimum absolute atomic E-state index is 0.144. The summed E-state index contributed by atoms with van der Waals surface area (Å²) in [5.41, 5.74) is -0.503. The van der Waals surface area contributed by atoms with Gasteiger partial charge >= 0.3 is 0 Å². The Bertz CT molecular complexity index is 564. The molecule has 0 saturated carbocycles. The highest BCUT2D eigenvalue weighted by Gasteiger charge is 2.31. The zero-order valence-corrected chi connectivity index (χ0v) is 12.9. The predicted molar refractivity (Wildman–Crippen MR) is 77.2 cm³/mol. The van der Waals surface area contributed by atoms with Crippen molar-refractivity contribution in [3.8, 4) is 0 Å². The van der Waals surface area contributed by atoms with Crippen LogP contribution in [0.25, 0.3) is 0 Å². The average molecular weight is 302 g/mol. The van der Waals surface area contributed by atoms with Crippen molar-refractivity contribution in [2.75, 3.05) is 20.3 Å². The average Bonchev–Trinajstić information content (AvgIpc) is 2.43. The normalized spacial score (nSPS) is 12.2. The Hall–Kier alpha value is -1.18. The topological polar surface area (TPSA) is 79.5 Å². The van der Waals surface area contributed by atoms with Crippen molar-refractivity contribution in [1.82, 2.24) is 9.29 Å². The van der Waals surface area contributed by atoms with Crippen LogP contribution in [0.15, 0.2) is 28.2 Å². The Morgan fingerprint density at radius 2 is 2.00 bits per heavy atom. The maximum Gasteiger partial charge on any atom is 0.248 e. The number of nitrogens with one attached hydrogen (secondary N) is 1. The number of aromatic amines is 1. The number of pyridine rings is 1. The van der Waals surface area contributed by atoms with Gasteiger partial charge in [-0.15, -0.1) is 0 Å². The molecule has 0 aromatic carbocycles. The zero-order valence-electron chi connectivity index (χ0n) is 12.1. The van der Waals surface area contributed by atoms with Crippen LogP contribution in [0, 0.1) is 0 Å². The largest absolute Gasteiger partial charge is 0.383 e. The molecule has 0 aliphatic heterocycles. The van der Waals surface area contributed by atoms with E-state index in [0.717, 1.165) is 0 Å². The van der Waals surface area contributed by atoms with E-state index in [2.05, 4.69) is 4.98 Å². The summed E-state index contributed by atoms with van der Waals surface area (Å²) < 4.78 is 31.7. The second-order valence-electron chi connectivity index (χ2n) is 4.45. The second kappa shape index (κ2) is 7.56. The van der Waals surface area contributed by atoms with Gasteiger partial charge in [0, 0.05) is 38.2 Å². The van der Waals surface area contributed by atoms with Gasteiger partial charge in [0.2, 0.25) is 15.5 Å². The first-order valence-corrected chi connectivity index (χ1v) is 8.10. The van der Waals surface area contributed by atoms with E-state index < -0.39 is 15.5 Å². The van der Waals surface area contributed by atoms with Crippen molar-refractivity contribution in [1.29, 1.82) is 0 Å². The monoisotopic (exact) mass is 302 g/mol. The molecule has 6 nitrogen and oxygen atoms in total. The number of rotatable bonds is 8. The molecule has 0 aliphatic carbocycles. The highest BCUT2D eigenvalue weighted by atomic mass is 32.2. The van der Waals surface area contributed by atoms with Gasteiger partial charge in [-0.3, -0.25) is 4.79 Å². The van der Waals surface area contributed by atoms with Gasteiger partial charge in [0.1, 0.15) is 4.90 Å². The molecule has 0 amide bonds. The van der Waals surface area contributed by atoms with Crippen LogP contribution in [-0.2, 0) is 14.8 Å². The van der Waals surface area contributed by atoms with Crippen LogP contribution >= 0.6 is 0 Å². The van der Waals surface area contributed by atoms with Gasteiger partial charge in [0.15, 0.2) is 0 Å². The number of ether oxygens (including phenoxy) is 1. The van der Waals surface area contributed by atoms with Crippen molar-refractivity contribution in [3.05, 3.63) is 28.7 Å². The maximum atomic E-state index is 12.7. The van der Waals surface area contributed by atoms with Crippen LogP contribution in [0.1, 0.15) is 26.7 Å². The van der Waals surface area contributed by atoms with Gasteiger partial charge in [-0.25, -0.2) is 8.42 Å². The van der Waals surface area contributed by atoms with Gasteiger partial charge in [-0.1, -0.05) is 13.8 Å². The number of hydrogen-bond donors (Lipinski definition) is 1. The molecule has 7 heteroatoms. The number of hydrogen-bond acceptors (Lipinski definition) is 4. The van der Waals surface area contributed by atoms with Crippen molar-refractivity contribution in [3.63, 3.8) is 0 Å². The molecule has 1 N–H and O–H groups in total. The molecule has 20 heavy (non-hydrogen) atoms. The van der Waals surface area contributed by atoms with Crippen LogP contribution in [0.3, 0.4) is 0 Å². The number of methoxy groups -OCH3 is 1. The molecular formula is C13H22N2O4S. The minimum atomic E-state index is -3.82. The van der Waals surface area contributed by atoms with E-state index in [0.29, 0.717) is 19.4 Å². The Morgan fingerprint density at radius 3 is 2.50 bits per heavy atom. The zero-order chi connectivity index (χ0) is 15.2. The summed E-state index contributed by atoms with van der Waals surface area (Å²) in [4.78, 5) is 14.2. The van der Waals surface area contributed by atoms with Crippen LogP contribution in [-0.4, -0.2) is 44.0 Å². The third kappa shape index (κ3) is 3.68. The number of sulfonamides is 1. The van der Waals surface area contributed by atoms with E-state index in [1.54, 1.807) is 0 Å². The predicted octanol–water partition coefficient (Wildman–Crippen LogP) is 1.20. The molecule has 1 heterocycles. The Morgan fingerprint density at radius 1 is 1.35 bits per heavy atom. The first kappa shape index (κ1) is 16.9. The summed E-state index contributed by atoms with van der Waals surface area (Å²) >= 11 is 0. The molecule has 1 aromatic rings. The lowest BCUT2D eigenvalue weighted by molar-refractivity contribution is 0.163. The van der Waals surface area contributed by atoms with Crippen LogP contribution in [0.2, 0.25) is 0 Å². The number of H-pyrrole nitrogens is 1. The molecule has 0 radical (unpaired) electrons. The molecule has 1 rings (SSSR count). The molecule has 0 saturated heterocycles. The highest BCUT2D eigenvalue weighted by Crippen LogP contribution is 2.18. The lowest BCUT2D eigenvalue weighted by Gasteiger charge is -2.29. The third-order valence-corrected chi connectivity index (χ3v) is 5.21. The highest BCUT2D eigenvalue weighted by molar-refractivity contribution is 7.89. The van der Waals surface area contributed by atoms with Gasteiger partial charge < -0.3 is 9.72 Å². The fourth-order valence-corrected chi connectivity index (χ4v) is 3.90. The van der Waals surface area contributed by atoms with Crippen LogP contribution in [0.5, 0.6) is 0 Å². The first-order chi connectivity index (χ1) is 9.48. The Balaban J connectivity index is 3.24. The van der Waals surface area contributed by atoms with E-state index in [9.17, 15) is 13.2 Å². The van der Waals surface area contributed by atoms with Crippen molar-refractivity contribution >= 4 is 10.0 Å². The third-order valence-electron chi connectivity index (χ3n) is 3.24. The maximum absolute atomic E-state index is 12.7. The Kier molecular flexibility index (Phi) is 6.38. The molecule has 1 aromatic heterocycles. The smallest absolute Gasteiger partial charge is 0.248 e. The van der Waals surface area contributed by atoms with Gasteiger partial charge in [0.05, 0.1) is 6.61 Å². The molecule has 0 aliphatic rings. The minimum Gasteiger partial charge on any atom is -0.383 e. The van der Waals surface area contributed by atoms with E-state index in [4.69, 9.17) is 4.74 Å². The van der Waals surface area contributed by atoms with Crippen molar-refractivity contribution < 1.29 is 13.2 Å². The van der Waals surface area contributed by atoms with Gasteiger partial charge in [-0.2, -0.15) is 4.31 Å². The summed E-state index contributed by atoms with van der Waals surface area (Å²) in [5, 5.41) is 0. The van der Waals surface area contributed by atoms with Crippen molar-refractivity contribution in [2.24, 2.45) is 0 Å². The summed E-state index contributed by atoms with van der Waals surface area (Å²) in [6.45, 7) is 4.39. The molecular weight excluding hydrogens is 280 g/mol. The second-order valence-corrected chi connectivity index (χ2v) is 6.31. The standard InChI is InChI=1S/C13H22N2O4S/c1-4-11(5-2)15(8-9-19-3)20(17,18)13-10-14-7-6-12(13)16/h6-7,10-11H,4-5,8-9H2,1-3H3,(H,14,16). The summed E-state index contributed by atoms with van der Waals surface area (Å²) in [6.07, 6.45) is 4.02. The molecule has 0 fully saturated rings. The van der Waals surface area contributed by atoms with Crippen molar-refractivity contribution in [2.45, 2.75) is 37.6 Å². The van der Waals surface area contributed by atoms with E-state index in [1.165, 1.54) is 29.9 Å². The Labute approximate surface area is 119 Å². The lowest BCUT2D eigenvalue weighted by Crippen LogP contribution is -2.43.